The normalized spacial score (nSPS) is 18.8. The molecule has 1 N–H and O–H groups in total. The first-order chi connectivity index (χ1) is 19.2. The summed E-state index contributed by atoms with van der Waals surface area (Å²) in [6.07, 6.45) is 3.79. The van der Waals surface area contributed by atoms with Crippen molar-refractivity contribution in [2.45, 2.75) is 44.9 Å². The third-order valence-corrected chi connectivity index (χ3v) is 7.31. The van der Waals surface area contributed by atoms with Crippen LogP contribution in [0.1, 0.15) is 40.2 Å². The molecule has 8 nitrogen and oxygen atoms in total. The summed E-state index contributed by atoms with van der Waals surface area (Å²) in [7, 11) is 1.40. The van der Waals surface area contributed by atoms with Gasteiger partial charge in [0.25, 0.3) is 11.5 Å². The van der Waals surface area contributed by atoms with Crippen molar-refractivity contribution in [3.63, 3.8) is 0 Å². The zero-order chi connectivity index (χ0) is 28.6. The predicted molar refractivity (Wildman–Crippen MR) is 141 cm³/mol. The second kappa shape index (κ2) is 11.1. The Morgan fingerprint density at radius 1 is 1.07 bits per heavy atom. The Morgan fingerprint density at radius 2 is 1.77 bits per heavy atom. The van der Waals surface area contributed by atoms with E-state index in [1.165, 1.54) is 48.4 Å². The highest BCUT2D eigenvalue weighted by Gasteiger charge is 2.45. The third kappa shape index (κ3) is 5.54. The van der Waals surface area contributed by atoms with Crippen LogP contribution in [0.3, 0.4) is 0 Å². The van der Waals surface area contributed by atoms with Crippen LogP contribution in [0, 0.1) is 18.7 Å². The van der Waals surface area contributed by atoms with E-state index in [0.29, 0.717) is 18.0 Å². The fourth-order valence-electron chi connectivity index (χ4n) is 5.03. The Morgan fingerprint density at radius 3 is 2.40 bits per heavy atom. The van der Waals surface area contributed by atoms with Crippen molar-refractivity contribution in [2.75, 3.05) is 18.6 Å². The molecule has 2 amide bonds. The first-order valence-electron chi connectivity index (χ1n) is 12.9. The van der Waals surface area contributed by atoms with Crippen LogP contribution < -0.4 is 25.2 Å². The van der Waals surface area contributed by atoms with Crippen molar-refractivity contribution in [1.82, 2.24) is 9.88 Å². The fraction of sp³-hybridized carbons (Fsp3) is 0.345. The molecule has 3 aromatic rings. The first kappa shape index (κ1) is 27.3. The molecule has 40 heavy (non-hydrogen) atoms. The van der Waals surface area contributed by atoms with E-state index in [2.05, 4.69) is 10.1 Å². The quantitative estimate of drug-likeness (QED) is 0.427. The van der Waals surface area contributed by atoms with E-state index in [1.54, 1.807) is 29.8 Å². The van der Waals surface area contributed by atoms with Crippen molar-refractivity contribution >= 4 is 17.5 Å². The van der Waals surface area contributed by atoms with Gasteiger partial charge in [0.1, 0.15) is 29.0 Å². The monoisotopic (exact) mass is 555 g/mol. The highest BCUT2D eigenvalue weighted by Crippen LogP contribution is 2.35. The minimum absolute atomic E-state index is 0.0439. The number of ether oxygens (including phenoxy) is 2. The number of pyridine rings is 1. The predicted octanol–water partition coefficient (Wildman–Crippen LogP) is 4.24. The summed E-state index contributed by atoms with van der Waals surface area (Å²) in [6, 6.07) is 9.79. The molecule has 0 unspecified atom stereocenters. The lowest BCUT2D eigenvalue weighted by atomic mass is 9.93. The molecule has 2 fully saturated rings. The maximum atomic E-state index is 15.2. The van der Waals surface area contributed by atoms with Gasteiger partial charge in [-0.2, -0.15) is 8.78 Å². The summed E-state index contributed by atoms with van der Waals surface area (Å²) in [5, 5.41) is 2.68. The molecular weight excluding hydrogens is 527 g/mol. The third-order valence-electron chi connectivity index (χ3n) is 7.31. The standard InChI is InChI=1S/C29H28F3N3O5/c1-16-11-12-34(14-17-3-4-17)28(38)25(16)35-15-22(21-10-9-20(39-2)13-23(21)30)24(27(35)37)33-26(36)18-5-7-19(8-6-18)40-29(31)32/h5-13,17,22,24,29H,3-4,14-15H2,1-2H3,(H,33,36)/t22-,24-/m0/s1. The minimum Gasteiger partial charge on any atom is -0.497 e. The molecule has 1 saturated heterocycles. The zero-order valence-corrected chi connectivity index (χ0v) is 21.9. The fourth-order valence-corrected chi connectivity index (χ4v) is 5.03. The van der Waals surface area contributed by atoms with Gasteiger partial charge in [-0.25, -0.2) is 4.39 Å². The Bertz CT molecular complexity index is 1490. The van der Waals surface area contributed by atoms with Crippen LogP contribution in [0.25, 0.3) is 0 Å². The summed E-state index contributed by atoms with van der Waals surface area (Å²) in [4.78, 5) is 41.8. The number of nitrogens with one attached hydrogen (secondary N) is 1. The smallest absolute Gasteiger partial charge is 0.387 e. The largest absolute Gasteiger partial charge is 0.497 e. The number of aryl methyl sites for hydroxylation is 1. The Balaban J connectivity index is 1.49. The highest BCUT2D eigenvalue weighted by molar-refractivity contribution is 6.05. The van der Waals surface area contributed by atoms with Crippen molar-refractivity contribution in [3.8, 4) is 11.5 Å². The lowest BCUT2D eigenvalue weighted by Crippen LogP contribution is -2.44. The number of alkyl halides is 2. The molecule has 0 bridgehead atoms. The van der Waals surface area contributed by atoms with Gasteiger partial charge in [0.15, 0.2) is 0 Å². The number of amides is 2. The molecule has 2 heterocycles. The number of hydrogen-bond acceptors (Lipinski definition) is 5. The van der Waals surface area contributed by atoms with Crippen LogP contribution in [-0.2, 0) is 11.3 Å². The summed E-state index contributed by atoms with van der Waals surface area (Å²) in [5.41, 5.74) is 0.716. The number of anilines is 1. The summed E-state index contributed by atoms with van der Waals surface area (Å²) >= 11 is 0. The van der Waals surface area contributed by atoms with Crippen molar-refractivity contribution in [3.05, 3.63) is 87.6 Å². The van der Waals surface area contributed by atoms with E-state index in [4.69, 9.17) is 4.74 Å². The number of halogens is 3. The Kier molecular flexibility index (Phi) is 7.55. The lowest BCUT2D eigenvalue weighted by molar-refractivity contribution is -0.118. The number of hydrogen-bond donors (Lipinski definition) is 1. The van der Waals surface area contributed by atoms with Crippen molar-refractivity contribution in [2.24, 2.45) is 5.92 Å². The van der Waals surface area contributed by atoms with Gasteiger partial charge < -0.3 is 24.3 Å². The summed E-state index contributed by atoms with van der Waals surface area (Å²) in [6.45, 7) is -0.783. The molecule has 1 aliphatic heterocycles. The van der Waals surface area contributed by atoms with Crippen LogP contribution in [-0.4, -0.2) is 42.7 Å². The van der Waals surface area contributed by atoms with Crippen LogP contribution in [0.15, 0.2) is 59.5 Å². The number of aromatic nitrogens is 1. The van der Waals surface area contributed by atoms with Gasteiger partial charge in [-0.05, 0) is 73.2 Å². The maximum absolute atomic E-state index is 15.2. The maximum Gasteiger partial charge on any atom is 0.387 e. The second-order valence-electron chi connectivity index (χ2n) is 10.0. The van der Waals surface area contributed by atoms with Gasteiger partial charge in [0, 0.05) is 36.8 Å². The summed E-state index contributed by atoms with van der Waals surface area (Å²) in [5.74, 6) is -2.10. The van der Waals surface area contributed by atoms with E-state index in [-0.39, 0.29) is 40.4 Å². The first-order valence-corrected chi connectivity index (χ1v) is 12.9. The van der Waals surface area contributed by atoms with E-state index in [0.717, 1.165) is 12.8 Å². The number of methoxy groups -OCH3 is 1. The topological polar surface area (TPSA) is 89.9 Å². The molecule has 2 atom stereocenters. The molecule has 210 valence electrons. The van der Waals surface area contributed by atoms with Gasteiger partial charge in [-0.15, -0.1) is 0 Å². The van der Waals surface area contributed by atoms with Crippen LogP contribution >= 0.6 is 0 Å². The van der Waals surface area contributed by atoms with Crippen molar-refractivity contribution < 1.29 is 32.2 Å². The van der Waals surface area contributed by atoms with Crippen LogP contribution in [0.4, 0.5) is 18.9 Å². The number of rotatable bonds is 9. The molecule has 2 aliphatic rings. The molecule has 0 spiro atoms. The molecule has 11 heteroatoms. The molecular formula is C29H28F3N3O5. The molecule has 1 aromatic heterocycles. The van der Waals surface area contributed by atoms with Gasteiger partial charge in [0.2, 0.25) is 5.91 Å². The summed E-state index contributed by atoms with van der Waals surface area (Å²) < 4.78 is 51.2. The average Bonchev–Trinajstić information content (AvgIpc) is 3.70. The number of nitrogens with zero attached hydrogens (tertiary/aromatic N) is 2. The second-order valence-corrected chi connectivity index (χ2v) is 10.0. The van der Waals surface area contributed by atoms with Gasteiger partial charge in [0.05, 0.1) is 7.11 Å². The SMILES string of the molecule is COc1ccc([C@@H]2CN(c3c(C)ccn(CC4CC4)c3=O)C(=O)[C@H]2NC(=O)c2ccc(OC(F)F)cc2)c(F)c1. The molecule has 5 rings (SSSR count). The Hall–Kier alpha value is -4.28. The number of benzene rings is 2. The Labute approximate surface area is 228 Å². The average molecular weight is 556 g/mol. The van der Waals surface area contributed by atoms with Crippen molar-refractivity contribution in [1.29, 1.82) is 0 Å². The van der Waals surface area contributed by atoms with E-state index >= 15 is 4.39 Å². The van der Waals surface area contributed by atoms with Crippen LogP contribution in [0.5, 0.6) is 11.5 Å². The van der Waals surface area contributed by atoms with E-state index in [9.17, 15) is 23.2 Å². The van der Waals surface area contributed by atoms with Crippen LogP contribution in [0.2, 0.25) is 0 Å². The number of carbonyl (C=O) groups excluding carboxylic acids is 2. The molecule has 1 saturated carbocycles. The van der Waals surface area contributed by atoms with Gasteiger partial charge in [-0.1, -0.05) is 6.07 Å². The van der Waals surface area contributed by atoms with Gasteiger partial charge in [-0.3, -0.25) is 14.4 Å². The lowest BCUT2D eigenvalue weighted by Gasteiger charge is -2.20. The minimum atomic E-state index is -3.02. The zero-order valence-electron chi connectivity index (χ0n) is 21.9. The molecule has 2 aromatic carbocycles. The molecule has 0 radical (unpaired) electrons. The highest BCUT2D eigenvalue weighted by atomic mass is 19.3. The van der Waals surface area contributed by atoms with E-state index in [1.807, 2.05) is 0 Å². The molecule has 1 aliphatic carbocycles. The number of carbonyl (C=O) groups is 2. The van der Waals surface area contributed by atoms with Gasteiger partial charge >= 0.3 is 6.61 Å². The van der Waals surface area contributed by atoms with E-state index < -0.39 is 36.2 Å².